The van der Waals surface area contributed by atoms with Gasteiger partial charge in [-0.2, -0.15) is 11.8 Å². The molecular weight excluding hydrogens is 184 g/mol. The van der Waals surface area contributed by atoms with E-state index in [1.54, 1.807) is 0 Å². The maximum absolute atomic E-state index is 3.59. The van der Waals surface area contributed by atoms with Gasteiger partial charge in [0.25, 0.3) is 0 Å². The summed E-state index contributed by atoms with van der Waals surface area (Å²) in [7, 11) is 0. The van der Waals surface area contributed by atoms with E-state index in [4.69, 9.17) is 0 Å². The van der Waals surface area contributed by atoms with Crippen LogP contribution in [0.15, 0.2) is 0 Å². The average Bonchev–Trinajstić information content (AvgIpc) is 1.77. The van der Waals surface area contributed by atoms with Gasteiger partial charge in [0.2, 0.25) is 0 Å². The maximum atomic E-state index is 3.59. The SMILES string of the molecule is CC1CCC(Br)CS1. The monoisotopic (exact) mass is 194 g/mol. The minimum atomic E-state index is 0.795. The van der Waals surface area contributed by atoms with Crippen molar-refractivity contribution in [2.45, 2.75) is 29.8 Å². The highest BCUT2D eigenvalue weighted by Crippen LogP contribution is 2.28. The molecular formula is C6H11BrS. The molecule has 0 aromatic carbocycles. The standard InChI is InChI=1S/C6H11BrS/c1-5-2-3-6(7)4-8-5/h5-6H,2-4H2,1H3. The van der Waals surface area contributed by atoms with Crippen LogP contribution in [-0.2, 0) is 0 Å². The van der Waals surface area contributed by atoms with Crippen LogP contribution >= 0.6 is 27.7 Å². The van der Waals surface area contributed by atoms with Gasteiger partial charge in [0.15, 0.2) is 0 Å². The third-order valence-corrected chi connectivity index (χ3v) is 4.06. The highest BCUT2D eigenvalue weighted by molar-refractivity contribution is 9.09. The predicted octanol–water partition coefficient (Wildman–Crippen LogP) is 2.67. The summed E-state index contributed by atoms with van der Waals surface area (Å²) >= 11 is 5.67. The third kappa shape index (κ3) is 1.98. The quantitative estimate of drug-likeness (QED) is 0.535. The van der Waals surface area contributed by atoms with Gasteiger partial charge in [0, 0.05) is 15.8 Å². The van der Waals surface area contributed by atoms with E-state index in [1.807, 2.05) is 0 Å². The Morgan fingerprint density at radius 3 is 2.62 bits per heavy atom. The number of alkyl halides is 1. The normalized spacial score (nSPS) is 39.8. The lowest BCUT2D eigenvalue weighted by molar-refractivity contribution is 0.711. The van der Waals surface area contributed by atoms with E-state index in [1.165, 1.54) is 18.6 Å². The molecule has 0 aromatic rings. The second kappa shape index (κ2) is 3.11. The highest BCUT2D eigenvalue weighted by Gasteiger charge is 2.14. The topological polar surface area (TPSA) is 0 Å². The second-order valence-corrected chi connectivity index (χ2v) is 5.08. The molecule has 2 unspecified atom stereocenters. The first-order chi connectivity index (χ1) is 3.79. The van der Waals surface area contributed by atoms with E-state index in [9.17, 15) is 0 Å². The number of halogens is 1. The van der Waals surface area contributed by atoms with E-state index >= 15 is 0 Å². The Labute approximate surface area is 63.5 Å². The largest absolute Gasteiger partial charge is 0.158 e. The number of rotatable bonds is 0. The molecule has 0 N–H and O–H groups in total. The molecule has 1 rings (SSSR count). The Morgan fingerprint density at radius 1 is 1.50 bits per heavy atom. The molecule has 0 aromatic heterocycles. The van der Waals surface area contributed by atoms with Crippen LogP contribution in [0.4, 0.5) is 0 Å². The molecule has 1 aliphatic heterocycles. The van der Waals surface area contributed by atoms with Gasteiger partial charge in [0.05, 0.1) is 0 Å². The summed E-state index contributed by atoms with van der Waals surface area (Å²) < 4.78 is 0. The van der Waals surface area contributed by atoms with Gasteiger partial charge < -0.3 is 0 Å². The Bertz CT molecular complexity index is 56.9. The molecule has 1 heterocycles. The summed E-state index contributed by atoms with van der Waals surface area (Å²) in [5.41, 5.74) is 0. The van der Waals surface area contributed by atoms with Gasteiger partial charge in [-0.05, 0) is 12.8 Å². The number of hydrogen-bond donors (Lipinski definition) is 0. The molecule has 2 atom stereocenters. The molecule has 0 nitrogen and oxygen atoms in total. The Kier molecular flexibility index (Phi) is 2.70. The summed E-state index contributed by atoms with van der Waals surface area (Å²) in [6.45, 7) is 2.31. The van der Waals surface area contributed by atoms with E-state index < -0.39 is 0 Å². The van der Waals surface area contributed by atoms with Crippen molar-refractivity contribution >= 4 is 27.7 Å². The van der Waals surface area contributed by atoms with Crippen LogP contribution in [0, 0.1) is 0 Å². The van der Waals surface area contributed by atoms with Gasteiger partial charge in [-0.1, -0.05) is 22.9 Å². The van der Waals surface area contributed by atoms with E-state index in [2.05, 4.69) is 34.6 Å². The summed E-state index contributed by atoms with van der Waals surface area (Å²) in [4.78, 5) is 0.795. The van der Waals surface area contributed by atoms with Gasteiger partial charge in [-0.25, -0.2) is 0 Å². The van der Waals surface area contributed by atoms with Crippen molar-refractivity contribution < 1.29 is 0 Å². The van der Waals surface area contributed by atoms with Crippen molar-refractivity contribution in [3.63, 3.8) is 0 Å². The molecule has 1 aliphatic rings. The third-order valence-electron chi connectivity index (χ3n) is 1.45. The summed E-state index contributed by atoms with van der Waals surface area (Å²) in [6.07, 6.45) is 2.76. The minimum absolute atomic E-state index is 0.795. The smallest absolute Gasteiger partial charge is 0.0236 e. The fraction of sp³-hybridized carbons (Fsp3) is 1.00. The molecule has 2 heteroatoms. The fourth-order valence-corrected chi connectivity index (χ4v) is 2.58. The lowest BCUT2D eigenvalue weighted by atomic mass is 10.2. The lowest BCUT2D eigenvalue weighted by Gasteiger charge is -2.20. The van der Waals surface area contributed by atoms with Crippen molar-refractivity contribution in [3.05, 3.63) is 0 Å². The summed E-state index contributed by atoms with van der Waals surface area (Å²) in [5.74, 6) is 1.31. The van der Waals surface area contributed by atoms with Crippen molar-refractivity contribution in [2.24, 2.45) is 0 Å². The first-order valence-electron chi connectivity index (χ1n) is 3.04. The predicted molar refractivity (Wildman–Crippen MR) is 43.9 cm³/mol. The van der Waals surface area contributed by atoms with Crippen molar-refractivity contribution in [2.75, 3.05) is 5.75 Å². The van der Waals surface area contributed by atoms with Gasteiger partial charge in [0.1, 0.15) is 0 Å². The Morgan fingerprint density at radius 2 is 2.25 bits per heavy atom. The molecule has 0 saturated carbocycles. The number of hydrogen-bond acceptors (Lipinski definition) is 1. The highest BCUT2D eigenvalue weighted by atomic mass is 79.9. The van der Waals surface area contributed by atoms with Crippen LogP contribution < -0.4 is 0 Å². The Hall–Kier alpha value is 0.830. The van der Waals surface area contributed by atoms with Crippen LogP contribution in [-0.4, -0.2) is 15.8 Å². The zero-order valence-electron chi connectivity index (χ0n) is 5.06. The Balaban J connectivity index is 2.19. The van der Waals surface area contributed by atoms with Crippen molar-refractivity contribution in [1.29, 1.82) is 0 Å². The first kappa shape index (κ1) is 6.94. The molecule has 0 spiro atoms. The molecule has 0 amide bonds. The van der Waals surface area contributed by atoms with Gasteiger partial charge in [-0.15, -0.1) is 0 Å². The molecule has 1 saturated heterocycles. The van der Waals surface area contributed by atoms with Crippen LogP contribution in [0.2, 0.25) is 0 Å². The fourth-order valence-electron chi connectivity index (χ4n) is 0.851. The van der Waals surface area contributed by atoms with E-state index in [0.29, 0.717) is 0 Å². The average molecular weight is 195 g/mol. The van der Waals surface area contributed by atoms with Crippen molar-refractivity contribution in [3.8, 4) is 0 Å². The molecule has 0 bridgehead atoms. The first-order valence-corrected chi connectivity index (χ1v) is 5.01. The van der Waals surface area contributed by atoms with Gasteiger partial charge in [-0.3, -0.25) is 0 Å². The maximum Gasteiger partial charge on any atom is 0.0236 e. The molecule has 48 valence electrons. The van der Waals surface area contributed by atoms with Crippen LogP contribution in [0.25, 0.3) is 0 Å². The molecule has 8 heavy (non-hydrogen) atoms. The van der Waals surface area contributed by atoms with Gasteiger partial charge >= 0.3 is 0 Å². The second-order valence-electron chi connectivity index (χ2n) is 2.32. The summed E-state index contributed by atoms with van der Waals surface area (Å²) in [5, 5.41) is 0.906. The zero-order valence-corrected chi connectivity index (χ0v) is 7.46. The van der Waals surface area contributed by atoms with Crippen LogP contribution in [0.3, 0.4) is 0 Å². The molecule has 1 fully saturated rings. The van der Waals surface area contributed by atoms with E-state index in [-0.39, 0.29) is 0 Å². The summed E-state index contributed by atoms with van der Waals surface area (Å²) in [6, 6.07) is 0. The molecule has 0 aliphatic carbocycles. The van der Waals surface area contributed by atoms with Crippen LogP contribution in [0.1, 0.15) is 19.8 Å². The van der Waals surface area contributed by atoms with Crippen molar-refractivity contribution in [1.82, 2.24) is 0 Å². The van der Waals surface area contributed by atoms with Crippen LogP contribution in [0.5, 0.6) is 0 Å². The van der Waals surface area contributed by atoms with E-state index in [0.717, 1.165) is 10.1 Å². The molecule has 0 radical (unpaired) electrons. The minimum Gasteiger partial charge on any atom is -0.158 e. The number of thioether (sulfide) groups is 1. The lowest BCUT2D eigenvalue weighted by Crippen LogP contribution is -2.14. The zero-order chi connectivity index (χ0) is 5.98.